The highest BCUT2D eigenvalue weighted by Crippen LogP contribution is 2.28. The number of amides is 3. The second-order valence-corrected chi connectivity index (χ2v) is 8.66. The quantitative estimate of drug-likeness (QED) is 0.585. The van der Waals surface area contributed by atoms with Gasteiger partial charge >= 0.3 is 6.03 Å². The minimum atomic E-state index is -0.544. The maximum atomic E-state index is 12.0. The largest absolute Gasteiger partial charge is 0.467 e. The molecule has 0 fully saturated rings. The number of furan rings is 1. The van der Waals surface area contributed by atoms with Crippen LogP contribution >= 0.6 is 11.8 Å². The number of nitrogens with zero attached hydrogens (tertiary/aromatic N) is 3. The molecule has 0 saturated heterocycles. The SMILES string of the molecule is CNC(=O)NC(=O)CSc1nnc(-c2ccc(C(C)(C)C)cc2)n1Cc1ccco1. The number of imide groups is 1. The maximum Gasteiger partial charge on any atom is 0.321 e. The molecular formula is C21H25N5O3S. The second-order valence-electron chi connectivity index (χ2n) is 7.72. The summed E-state index contributed by atoms with van der Waals surface area (Å²) in [6.07, 6.45) is 1.61. The summed E-state index contributed by atoms with van der Waals surface area (Å²) in [5.74, 6) is 1.05. The molecule has 2 N–H and O–H groups in total. The van der Waals surface area contributed by atoms with E-state index in [9.17, 15) is 9.59 Å². The van der Waals surface area contributed by atoms with Crippen molar-refractivity contribution in [1.82, 2.24) is 25.4 Å². The lowest BCUT2D eigenvalue weighted by Crippen LogP contribution is -2.38. The van der Waals surface area contributed by atoms with E-state index in [4.69, 9.17) is 4.42 Å². The summed E-state index contributed by atoms with van der Waals surface area (Å²) >= 11 is 1.21. The van der Waals surface area contributed by atoms with Crippen molar-refractivity contribution in [2.45, 2.75) is 37.9 Å². The van der Waals surface area contributed by atoms with Gasteiger partial charge in [-0.25, -0.2) is 4.79 Å². The molecular weight excluding hydrogens is 402 g/mol. The molecule has 0 spiro atoms. The van der Waals surface area contributed by atoms with Gasteiger partial charge in [0.25, 0.3) is 0 Å². The van der Waals surface area contributed by atoms with Crippen LogP contribution in [0.1, 0.15) is 32.1 Å². The maximum absolute atomic E-state index is 12.0. The van der Waals surface area contributed by atoms with E-state index in [0.29, 0.717) is 17.5 Å². The molecule has 158 valence electrons. The highest BCUT2D eigenvalue weighted by atomic mass is 32.2. The summed E-state index contributed by atoms with van der Waals surface area (Å²) in [4.78, 5) is 23.3. The van der Waals surface area contributed by atoms with E-state index in [2.05, 4.69) is 53.7 Å². The zero-order valence-corrected chi connectivity index (χ0v) is 18.2. The molecule has 9 heteroatoms. The fraction of sp³-hybridized carbons (Fsp3) is 0.333. The molecule has 2 heterocycles. The summed E-state index contributed by atoms with van der Waals surface area (Å²) in [6, 6.07) is 11.4. The van der Waals surface area contributed by atoms with E-state index in [1.165, 1.54) is 24.4 Å². The summed E-state index contributed by atoms with van der Waals surface area (Å²) in [5.41, 5.74) is 2.20. The molecule has 3 aromatic rings. The van der Waals surface area contributed by atoms with E-state index in [1.807, 2.05) is 28.8 Å². The van der Waals surface area contributed by atoms with Gasteiger partial charge in [0.05, 0.1) is 18.6 Å². The van der Waals surface area contributed by atoms with Crippen LogP contribution in [-0.4, -0.2) is 39.5 Å². The van der Waals surface area contributed by atoms with E-state index >= 15 is 0 Å². The second kappa shape index (κ2) is 9.17. The zero-order chi connectivity index (χ0) is 21.7. The lowest BCUT2D eigenvalue weighted by molar-refractivity contribution is -0.117. The molecule has 3 rings (SSSR count). The molecule has 0 aliphatic carbocycles. The molecule has 0 atom stereocenters. The van der Waals surface area contributed by atoms with Crippen molar-refractivity contribution in [2.75, 3.05) is 12.8 Å². The third kappa shape index (κ3) is 5.29. The van der Waals surface area contributed by atoms with Crippen LogP contribution in [0.4, 0.5) is 4.79 Å². The van der Waals surface area contributed by atoms with E-state index in [0.717, 1.165) is 11.3 Å². The van der Waals surface area contributed by atoms with Crippen molar-refractivity contribution < 1.29 is 14.0 Å². The Hall–Kier alpha value is -3.07. The summed E-state index contributed by atoms with van der Waals surface area (Å²) in [7, 11) is 1.45. The smallest absolute Gasteiger partial charge is 0.321 e. The normalized spacial score (nSPS) is 11.3. The first-order chi connectivity index (χ1) is 14.3. The minimum Gasteiger partial charge on any atom is -0.467 e. The fourth-order valence-electron chi connectivity index (χ4n) is 2.78. The highest BCUT2D eigenvalue weighted by molar-refractivity contribution is 7.99. The fourth-order valence-corrected chi connectivity index (χ4v) is 3.52. The van der Waals surface area contributed by atoms with Crippen molar-refractivity contribution in [3.8, 4) is 11.4 Å². The highest BCUT2D eigenvalue weighted by Gasteiger charge is 2.19. The molecule has 0 radical (unpaired) electrons. The van der Waals surface area contributed by atoms with Crippen LogP contribution in [0.3, 0.4) is 0 Å². The van der Waals surface area contributed by atoms with Crippen molar-refractivity contribution in [3.63, 3.8) is 0 Å². The van der Waals surface area contributed by atoms with Crippen LogP contribution < -0.4 is 10.6 Å². The molecule has 0 aliphatic heterocycles. The van der Waals surface area contributed by atoms with Gasteiger partial charge in [-0.05, 0) is 23.1 Å². The van der Waals surface area contributed by atoms with Crippen LogP contribution in [0.5, 0.6) is 0 Å². The first-order valence-corrected chi connectivity index (χ1v) is 10.5. The molecule has 30 heavy (non-hydrogen) atoms. The van der Waals surface area contributed by atoms with Gasteiger partial charge in [0, 0.05) is 12.6 Å². The molecule has 8 nitrogen and oxygen atoms in total. The van der Waals surface area contributed by atoms with Crippen molar-refractivity contribution in [1.29, 1.82) is 0 Å². The number of aromatic nitrogens is 3. The molecule has 0 bridgehead atoms. The van der Waals surface area contributed by atoms with Gasteiger partial charge in [-0.15, -0.1) is 10.2 Å². The Morgan fingerprint density at radius 2 is 1.87 bits per heavy atom. The van der Waals surface area contributed by atoms with Crippen molar-refractivity contribution in [2.24, 2.45) is 0 Å². The number of hydrogen-bond donors (Lipinski definition) is 2. The number of carbonyl (C=O) groups is 2. The van der Waals surface area contributed by atoms with Gasteiger partial charge in [-0.2, -0.15) is 0 Å². The Kier molecular flexibility index (Phi) is 6.61. The number of nitrogens with one attached hydrogen (secondary N) is 2. The predicted octanol–water partition coefficient (Wildman–Crippen LogP) is 3.43. The number of carbonyl (C=O) groups excluding carboxylic acids is 2. The molecule has 0 saturated carbocycles. The zero-order valence-electron chi connectivity index (χ0n) is 17.4. The van der Waals surface area contributed by atoms with E-state index in [1.54, 1.807) is 6.26 Å². The van der Waals surface area contributed by atoms with Crippen molar-refractivity contribution >= 4 is 23.7 Å². The lowest BCUT2D eigenvalue weighted by atomic mass is 9.87. The summed E-state index contributed by atoms with van der Waals surface area (Å²) < 4.78 is 7.40. The van der Waals surface area contributed by atoms with Crippen LogP contribution in [-0.2, 0) is 16.8 Å². The third-order valence-corrected chi connectivity index (χ3v) is 5.40. The van der Waals surface area contributed by atoms with Gasteiger partial charge in [-0.1, -0.05) is 56.8 Å². The number of urea groups is 1. The Morgan fingerprint density at radius 1 is 1.13 bits per heavy atom. The average Bonchev–Trinajstić information content (AvgIpc) is 3.36. The first kappa shape index (κ1) is 21.6. The standard InChI is InChI=1S/C21H25N5O3S/c1-21(2,3)15-9-7-14(8-10-15)18-24-25-20(26(18)12-16-6-5-11-29-16)30-13-17(27)23-19(28)22-4/h5-11H,12-13H2,1-4H3,(H2,22,23,27,28). The van der Waals surface area contributed by atoms with Gasteiger partial charge in [0.1, 0.15) is 5.76 Å². The molecule has 0 aliphatic rings. The van der Waals surface area contributed by atoms with Gasteiger partial charge < -0.3 is 9.73 Å². The topological polar surface area (TPSA) is 102 Å². The minimum absolute atomic E-state index is 0.0344. The Balaban J connectivity index is 1.86. The monoisotopic (exact) mass is 427 g/mol. The molecule has 2 aromatic heterocycles. The number of thioether (sulfide) groups is 1. The first-order valence-electron chi connectivity index (χ1n) is 9.49. The van der Waals surface area contributed by atoms with Crippen LogP contribution in [0, 0.1) is 0 Å². The van der Waals surface area contributed by atoms with Crippen LogP contribution in [0.25, 0.3) is 11.4 Å². The number of rotatable bonds is 6. The van der Waals surface area contributed by atoms with Crippen LogP contribution in [0.15, 0.2) is 52.2 Å². The van der Waals surface area contributed by atoms with Gasteiger partial charge in [0.2, 0.25) is 5.91 Å². The van der Waals surface area contributed by atoms with E-state index < -0.39 is 11.9 Å². The number of hydrogen-bond acceptors (Lipinski definition) is 6. The van der Waals surface area contributed by atoms with Crippen LogP contribution in [0.2, 0.25) is 0 Å². The molecule has 1 aromatic carbocycles. The summed E-state index contributed by atoms with van der Waals surface area (Å²) in [6.45, 7) is 6.93. The molecule has 0 unspecified atom stereocenters. The van der Waals surface area contributed by atoms with Gasteiger partial charge in [0.15, 0.2) is 11.0 Å². The average molecular weight is 428 g/mol. The lowest BCUT2D eigenvalue weighted by Gasteiger charge is -2.19. The predicted molar refractivity (Wildman–Crippen MR) is 115 cm³/mol. The molecule has 3 amide bonds. The Bertz CT molecular complexity index is 1000. The summed E-state index contributed by atoms with van der Waals surface area (Å²) in [5, 5.41) is 13.8. The van der Waals surface area contributed by atoms with Crippen molar-refractivity contribution in [3.05, 3.63) is 54.0 Å². The Labute approximate surface area is 179 Å². The Morgan fingerprint density at radius 3 is 2.47 bits per heavy atom. The van der Waals surface area contributed by atoms with E-state index in [-0.39, 0.29) is 11.2 Å². The number of benzene rings is 1. The van der Waals surface area contributed by atoms with Gasteiger partial charge in [-0.3, -0.25) is 14.7 Å². The third-order valence-electron chi connectivity index (χ3n) is 4.43.